The third-order valence-corrected chi connectivity index (χ3v) is 9.39. The van der Waals surface area contributed by atoms with E-state index in [0.29, 0.717) is 41.0 Å². The number of benzene rings is 1. The molecule has 6 fully saturated rings. The van der Waals surface area contributed by atoms with Crippen molar-refractivity contribution in [3.63, 3.8) is 0 Å². The molecule has 2 bridgehead atoms. The minimum absolute atomic E-state index is 0.225. The smallest absolute Gasteiger partial charge is 0.203 e. The quantitative estimate of drug-likeness (QED) is 0.792. The third-order valence-electron chi connectivity index (χ3n) is 9.39. The first-order valence-electron chi connectivity index (χ1n) is 11.0. The van der Waals surface area contributed by atoms with E-state index in [1.54, 1.807) is 21.3 Å². The molecule has 0 aromatic heterocycles. The fourth-order valence-electron chi connectivity index (χ4n) is 9.06. The Labute approximate surface area is 171 Å². The van der Waals surface area contributed by atoms with E-state index >= 15 is 0 Å². The van der Waals surface area contributed by atoms with Crippen molar-refractivity contribution in [1.82, 2.24) is 5.32 Å². The van der Waals surface area contributed by atoms with Gasteiger partial charge in [-0.2, -0.15) is 0 Å². The highest BCUT2D eigenvalue weighted by Crippen LogP contribution is 2.86. The predicted octanol–water partition coefficient (Wildman–Crippen LogP) is 2.30. The Kier molecular flexibility index (Phi) is 3.32. The number of hydrogen-bond acceptors (Lipinski definition) is 6. The van der Waals surface area contributed by atoms with Gasteiger partial charge in [0.2, 0.25) is 5.75 Å². The summed E-state index contributed by atoms with van der Waals surface area (Å²) in [6.07, 6.45) is 1.41. The molecule has 0 amide bonds. The molecule has 6 nitrogen and oxygen atoms in total. The monoisotopic (exact) mass is 399 g/mol. The van der Waals surface area contributed by atoms with Gasteiger partial charge in [0, 0.05) is 24.4 Å². The molecular weight excluding hydrogens is 370 g/mol. The van der Waals surface area contributed by atoms with E-state index < -0.39 is 0 Å². The minimum Gasteiger partial charge on any atom is -0.493 e. The van der Waals surface area contributed by atoms with Gasteiger partial charge in [-0.15, -0.1) is 0 Å². The average molecular weight is 399 g/mol. The molecule has 0 radical (unpaired) electrons. The molecule has 1 aromatic rings. The summed E-state index contributed by atoms with van der Waals surface area (Å²) in [5, 5.41) is 3.96. The van der Waals surface area contributed by atoms with Crippen molar-refractivity contribution in [2.24, 2.45) is 47.3 Å². The van der Waals surface area contributed by atoms with Crippen LogP contribution in [0.15, 0.2) is 12.1 Å². The van der Waals surface area contributed by atoms with Gasteiger partial charge >= 0.3 is 0 Å². The molecule has 1 aliphatic heterocycles. The zero-order chi connectivity index (χ0) is 19.5. The molecular formula is C23H29NO5. The summed E-state index contributed by atoms with van der Waals surface area (Å²) >= 11 is 0. The summed E-state index contributed by atoms with van der Waals surface area (Å²) in [6, 6.07) is 4.70. The van der Waals surface area contributed by atoms with Crippen molar-refractivity contribution in [1.29, 1.82) is 0 Å². The van der Waals surface area contributed by atoms with Crippen LogP contribution in [0.1, 0.15) is 12.0 Å². The maximum atomic E-state index is 6.36. The summed E-state index contributed by atoms with van der Waals surface area (Å²) in [5.41, 5.74) is 1.17. The van der Waals surface area contributed by atoms with Gasteiger partial charge in [-0.3, -0.25) is 0 Å². The normalized spacial score (nSPS) is 46.0. The Morgan fingerprint density at radius 1 is 0.897 bits per heavy atom. The van der Waals surface area contributed by atoms with Gasteiger partial charge in [0.15, 0.2) is 17.3 Å². The van der Waals surface area contributed by atoms with Crippen LogP contribution in [0.2, 0.25) is 0 Å². The lowest BCUT2D eigenvalue weighted by atomic mass is 9.57. The molecule has 29 heavy (non-hydrogen) atoms. The van der Waals surface area contributed by atoms with Crippen molar-refractivity contribution in [2.45, 2.75) is 24.8 Å². The maximum Gasteiger partial charge on any atom is 0.203 e. The lowest BCUT2D eigenvalue weighted by molar-refractivity contribution is -0.264. The van der Waals surface area contributed by atoms with E-state index in [-0.39, 0.29) is 5.79 Å². The van der Waals surface area contributed by atoms with E-state index in [4.69, 9.17) is 23.7 Å². The zero-order valence-corrected chi connectivity index (χ0v) is 17.2. The van der Waals surface area contributed by atoms with Crippen molar-refractivity contribution in [3.05, 3.63) is 17.7 Å². The van der Waals surface area contributed by atoms with Crippen LogP contribution in [-0.2, 0) is 16.0 Å². The van der Waals surface area contributed by atoms with Crippen LogP contribution in [-0.4, -0.2) is 46.4 Å². The highest BCUT2D eigenvalue weighted by Gasteiger charge is 2.88. The number of nitrogens with one attached hydrogen (secondary N) is 1. The molecule has 1 aromatic carbocycles. The van der Waals surface area contributed by atoms with Crippen LogP contribution in [0.25, 0.3) is 0 Å². The highest BCUT2D eigenvalue weighted by atomic mass is 16.7. The van der Waals surface area contributed by atoms with Crippen molar-refractivity contribution < 1.29 is 23.7 Å². The fourth-order valence-corrected chi connectivity index (χ4v) is 9.06. The Balaban J connectivity index is 1.17. The maximum absolute atomic E-state index is 6.36. The molecule has 1 heterocycles. The number of rotatable bonds is 6. The average Bonchev–Trinajstić information content (AvgIpc) is 3.43. The Bertz CT molecular complexity index is 842. The molecule has 6 heteroatoms. The van der Waals surface area contributed by atoms with E-state index in [0.717, 1.165) is 49.3 Å². The SMILES string of the molecule is COc1cc(CN[C@@H]2[C@H]3[C@H]4[C@@H]5C[C@@H]6[C@H]4[C@H]3C3(OCCO3)[C@@H]6[C@@H]52)cc(OC)c1OC. The van der Waals surface area contributed by atoms with E-state index in [9.17, 15) is 0 Å². The molecule has 6 aliphatic rings. The Hall–Kier alpha value is -1.50. The van der Waals surface area contributed by atoms with E-state index in [1.807, 2.05) is 0 Å². The first-order chi connectivity index (χ1) is 14.2. The summed E-state index contributed by atoms with van der Waals surface area (Å²) in [6.45, 7) is 2.38. The predicted molar refractivity (Wildman–Crippen MR) is 104 cm³/mol. The van der Waals surface area contributed by atoms with Gasteiger partial charge in [0.25, 0.3) is 0 Å². The van der Waals surface area contributed by atoms with Crippen LogP contribution in [0.4, 0.5) is 0 Å². The second-order valence-electron chi connectivity index (χ2n) is 9.78. The number of methoxy groups -OCH3 is 3. The van der Waals surface area contributed by atoms with E-state index in [1.165, 1.54) is 12.0 Å². The largest absolute Gasteiger partial charge is 0.493 e. The first-order valence-corrected chi connectivity index (χ1v) is 11.0. The summed E-state index contributed by atoms with van der Waals surface area (Å²) in [5.74, 6) is 8.04. The van der Waals surface area contributed by atoms with Crippen molar-refractivity contribution >= 4 is 0 Å². The van der Waals surface area contributed by atoms with E-state index in [2.05, 4.69) is 17.4 Å². The molecule has 156 valence electrons. The number of hydrogen-bond donors (Lipinski definition) is 1. The number of fused-ring (bicyclic) bond motifs is 4. The number of ether oxygens (including phenoxy) is 5. The molecule has 5 saturated carbocycles. The highest BCUT2D eigenvalue weighted by molar-refractivity contribution is 5.53. The fraction of sp³-hybridized carbons (Fsp3) is 0.739. The van der Waals surface area contributed by atoms with Gasteiger partial charge in [-0.1, -0.05) is 0 Å². The van der Waals surface area contributed by atoms with Crippen LogP contribution in [0.3, 0.4) is 0 Å². The van der Waals surface area contributed by atoms with Gasteiger partial charge in [-0.25, -0.2) is 0 Å². The van der Waals surface area contributed by atoms with Gasteiger partial charge < -0.3 is 29.0 Å². The second kappa shape index (κ2) is 5.59. The first kappa shape index (κ1) is 17.2. The zero-order valence-electron chi connectivity index (χ0n) is 17.2. The van der Waals surface area contributed by atoms with Crippen LogP contribution in [0.5, 0.6) is 17.2 Å². The summed E-state index contributed by atoms with van der Waals surface area (Å²) < 4.78 is 29.3. The van der Waals surface area contributed by atoms with Gasteiger partial charge in [-0.05, 0) is 59.6 Å². The lowest BCUT2D eigenvalue weighted by Crippen LogP contribution is -2.62. The molecule has 5 aliphatic carbocycles. The topological polar surface area (TPSA) is 58.2 Å². The molecule has 0 unspecified atom stereocenters. The Morgan fingerprint density at radius 3 is 2.28 bits per heavy atom. The Morgan fingerprint density at radius 2 is 1.62 bits per heavy atom. The lowest BCUT2D eigenvalue weighted by Gasteiger charge is -2.54. The standard InChI is InChI=1S/C23H29NO5/c1-25-13-6-10(7-14(26-2)22(13)27-3)9-24-21-17-11-8-12-16-15(11)18(21)20(16)23(19(12)17)28-4-5-29-23/h6-7,11-12,15-21,24H,4-5,8-9H2,1-3H3/t11-,12+,15-,16+,17+,18-,19-,20+,21-/m0/s1. The van der Waals surface area contributed by atoms with Crippen molar-refractivity contribution in [2.75, 3.05) is 34.5 Å². The molecule has 1 saturated heterocycles. The minimum atomic E-state index is -0.225. The molecule has 1 spiro atoms. The molecule has 1 N–H and O–H groups in total. The van der Waals surface area contributed by atoms with Gasteiger partial charge in [0.05, 0.1) is 34.5 Å². The van der Waals surface area contributed by atoms with Crippen molar-refractivity contribution in [3.8, 4) is 17.2 Å². The summed E-state index contributed by atoms with van der Waals surface area (Å²) in [4.78, 5) is 0. The summed E-state index contributed by atoms with van der Waals surface area (Å²) in [7, 11) is 4.99. The van der Waals surface area contributed by atoms with Crippen LogP contribution < -0.4 is 19.5 Å². The third kappa shape index (κ3) is 1.78. The van der Waals surface area contributed by atoms with Gasteiger partial charge in [0.1, 0.15) is 0 Å². The second-order valence-corrected chi connectivity index (χ2v) is 9.78. The van der Waals surface area contributed by atoms with Crippen LogP contribution >= 0.6 is 0 Å². The van der Waals surface area contributed by atoms with Crippen LogP contribution in [0, 0.1) is 47.3 Å². The molecule has 9 atom stereocenters. The molecule has 7 rings (SSSR count).